The van der Waals surface area contributed by atoms with Crippen LogP contribution in [0.5, 0.6) is 0 Å². The van der Waals surface area contributed by atoms with Gasteiger partial charge in [0.15, 0.2) is 0 Å². The molecule has 2 rings (SSSR count). The molecule has 0 aliphatic heterocycles. The third kappa shape index (κ3) is 2.75. The average Bonchev–Trinajstić information content (AvgIpc) is 2.23. The van der Waals surface area contributed by atoms with Crippen LogP contribution in [0.25, 0.3) is 0 Å². The molecule has 1 aliphatic carbocycles. The van der Waals surface area contributed by atoms with Gasteiger partial charge in [0.25, 0.3) is 0 Å². The zero-order chi connectivity index (χ0) is 9.80. The minimum absolute atomic E-state index is 0.845. The van der Waals surface area contributed by atoms with Gasteiger partial charge in [-0.05, 0) is 30.0 Å². The van der Waals surface area contributed by atoms with E-state index in [1.54, 1.807) is 0 Å². The largest absolute Gasteiger partial charge is 0.0843 e. The fraction of sp³-hybridized carbons (Fsp3) is 0.538. The molecule has 14 heavy (non-hydrogen) atoms. The van der Waals surface area contributed by atoms with Crippen molar-refractivity contribution in [2.45, 2.75) is 38.5 Å². The van der Waals surface area contributed by atoms with Crippen molar-refractivity contribution in [3.63, 3.8) is 0 Å². The molecule has 0 aromatic heterocycles. The molecule has 1 aliphatic rings. The van der Waals surface area contributed by atoms with Crippen LogP contribution in [0.4, 0.5) is 0 Å². The molecule has 0 N–H and O–H groups in total. The predicted molar refractivity (Wildman–Crippen MR) is 61.7 cm³/mol. The maximum absolute atomic E-state index is 5.85. The van der Waals surface area contributed by atoms with Gasteiger partial charge in [-0.1, -0.05) is 55.8 Å². The molecule has 1 aromatic carbocycles. The van der Waals surface area contributed by atoms with Crippen LogP contribution < -0.4 is 0 Å². The second-order valence-corrected chi connectivity index (χ2v) is 4.77. The molecule has 1 aromatic rings. The van der Waals surface area contributed by atoms with E-state index in [1.165, 1.54) is 44.1 Å². The Morgan fingerprint density at radius 3 is 2.29 bits per heavy atom. The van der Waals surface area contributed by atoms with Gasteiger partial charge in [-0.2, -0.15) is 0 Å². The van der Waals surface area contributed by atoms with Crippen molar-refractivity contribution in [2.24, 2.45) is 5.92 Å². The van der Waals surface area contributed by atoms with Crippen molar-refractivity contribution in [2.75, 3.05) is 0 Å². The first-order valence-corrected chi connectivity index (χ1v) is 5.97. The first kappa shape index (κ1) is 10.0. The highest BCUT2D eigenvalue weighted by molar-refractivity contribution is 6.30. The van der Waals surface area contributed by atoms with Crippen molar-refractivity contribution in [3.05, 3.63) is 34.9 Å². The van der Waals surface area contributed by atoms with E-state index in [0.29, 0.717) is 0 Å². The van der Waals surface area contributed by atoms with Crippen molar-refractivity contribution < 1.29 is 0 Å². The van der Waals surface area contributed by atoms with Crippen LogP contribution in [-0.4, -0.2) is 0 Å². The summed E-state index contributed by atoms with van der Waals surface area (Å²) in [5.74, 6) is 0.921. The minimum atomic E-state index is 0.845. The Labute approximate surface area is 91.3 Å². The second-order valence-electron chi connectivity index (χ2n) is 4.33. The zero-order valence-electron chi connectivity index (χ0n) is 8.51. The molecular formula is C13H17Cl. The Hall–Kier alpha value is -0.490. The molecule has 1 heteroatoms. The van der Waals surface area contributed by atoms with Crippen molar-refractivity contribution >= 4 is 11.6 Å². The molecule has 0 bridgehead atoms. The third-order valence-electron chi connectivity index (χ3n) is 3.16. The Morgan fingerprint density at radius 1 is 1.00 bits per heavy atom. The minimum Gasteiger partial charge on any atom is -0.0843 e. The summed E-state index contributed by atoms with van der Waals surface area (Å²) in [7, 11) is 0. The highest BCUT2D eigenvalue weighted by atomic mass is 35.5. The van der Waals surface area contributed by atoms with E-state index in [0.717, 1.165) is 10.9 Å². The third-order valence-corrected chi connectivity index (χ3v) is 3.41. The first-order chi connectivity index (χ1) is 6.84. The molecule has 0 heterocycles. The molecule has 0 amide bonds. The van der Waals surface area contributed by atoms with E-state index in [-0.39, 0.29) is 0 Å². The Balaban J connectivity index is 1.92. The molecule has 76 valence electrons. The van der Waals surface area contributed by atoms with E-state index >= 15 is 0 Å². The average molecular weight is 209 g/mol. The maximum atomic E-state index is 5.85. The lowest BCUT2D eigenvalue weighted by molar-refractivity contribution is 0.356. The van der Waals surface area contributed by atoms with Gasteiger partial charge in [0.05, 0.1) is 0 Å². The molecular weight excluding hydrogens is 192 g/mol. The highest BCUT2D eigenvalue weighted by Crippen LogP contribution is 2.27. The van der Waals surface area contributed by atoms with E-state index in [4.69, 9.17) is 11.6 Å². The van der Waals surface area contributed by atoms with Gasteiger partial charge in [-0.15, -0.1) is 0 Å². The van der Waals surface area contributed by atoms with Gasteiger partial charge in [-0.3, -0.25) is 0 Å². The van der Waals surface area contributed by atoms with Crippen molar-refractivity contribution in [3.8, 4) is 0 Å². The molecule has 0 unspecified atom stereocenters. The quantitative estimate of drug-likeness (QED) is 0.673. The standard InChI is InChI=1S/C13H17Cl/c14-13-8-6-12(7-9-13)10-11-4-2-1-3-5-11/h6-9,11H,1-5,10H2. The van der Waals surface area contributed by atoms with Gasteiger partial charge >= 0.3 is 0 Å². The lowest BCUT2D eigenvalue weighted by Crippen LogP contribution is -2.08. The topological polar surface area (TPSA) is 0 Å². The van der Waals surface area contributed by atoms with Gasteiger partial charge in [0, 0.05) is 5.02 Å². The van der Waals surface area contributed by atoms with Gasteiger partial charge in [-0.25, -0.2) is 0 Å². The Kier molecular flexibility index (Phi) is 3.47. The van der Waals surface area contributed by atoms with E-state index in [9.17, 15) is 0 Å². The molecule has 1 fully saturated rings. The molecule has 0 atom stereocenters. The molecule has 0 nitrogen and oxygen atoms in total. The molecule has 0 spiro atoms. The van der Waals surface area contributed by atoms with Crippen LogP contribution in [0.15, 0.2) is 24.3 Å². The summed E-state index contributed by atoms with van der Waals surface area (Å²) in [6.07, 6.45) is 8.38. The first-order valence-electron chi connectivity index (χ1n) is 5.59. The smallest absolute Gasteiger partial charge is 0.0406 e. The monoisotopic (exact) mass is 208 g/mol. The van der Waals surface area contributed by atoms with E-state index < -0.39 is 0 Å². The molecule has 0 saturated heterocycles. The summed E-state index contributed by atoms with van der Waals surface area (Å²) >= 11 is 5.85. The van der Waals surface area contributed by atoms with E-state index in [2.05, 4.69) is 12.1 Å². The summed E-state index contributed by atoms with van der Waals surface area (Å²) in [5.41, 5.74) is 1.45. The summed E-state index contributed by atoms with van der Waals surface area (Å²) in [6.45, 7) is 0. The lowest BCUT2D eigenvalue weighted by atomic mass is 9.85. The van der Waals surface area contributed by atoms with Crippen LogP contribution in [0, 0.1) is 5.92 Å². The molecule has 1 saturated carbocycles. The zero-order valence-corrected chi connectivity index (χ0v) is 9.26. The van der Waals surface area contributed by atoms with E-state index in [1.807, 2.05) is 12.1 Å². The number of rotatable bonds is 2. The summed E-state index contributed by atoms with van der Waals surface area (Å²) in [4.78, 5) is 0. The fourth-order valence-corrected chi connectivity index (χ4v) is 2.47. The molecule has 0 radical (unpaired) electrons. The van der Waals surface area contributed by atoms with Gasteiger partial charge in [0.2, 0.25) is 0 Å². The number of hydrogen-bond acceptors (Lipinski definition) is 0. The fourth-order valence-electron chi connectivity index (χ4n) is 2.35. The van der Waals surface area contributed by atoms with Crippen LogP contribution in [0.1, 0.15) is 37.7 Å². The summed E-state index contributed by atoms with van der Waals surface area (Å²) in [6, 6.07) is 8.33. The number of hydrogen-bond donors (Lipinski definition) is 0. The van der Waals surface area contributed by atoms with Crippen LogP contribution in [-0.2, 0) is 6.42 Å². The van der Waals surface area contributed by atoms with Crippen LogP contribution in [0.3, 0.4) is 0 Å². The van der Waals surface area contributed by atoms with Crippen LogP contribution >= 0.6 is 11.6 Å². The Bertz CT molecular complexity index is 270. The SMILES string of the molecule is Clc1ccc(CC2CCCCC2)cc1. The normalized spacial score (nSPS) is 18.4. The lowest BCUT2D eigenvalue weighted by Gasteiger charge is -2.21. The van der Waals surface area contributed by atoms with Crippen LogP contribution in [0.2, 0.25) is 5.02 Å². The van der Waals surface area contributed by atoms with Crippen molar-refractivity contribution in [1.29, 1.82) is 0 Å². The Morgan fingerprint density at radius 2 is 1.64 bits per heavy atom. The maximum Gasteiger partial charge on any atom is 0.0406 e. The summed E-state index contributed by atoms with van der Waals surface area (Å²) < 4.78 is 0. The van der Waals surface area contributed by atoms with Gasteiger partial charge in [0.1, 0.15) is 0 Å². The second kappa shape index (κ2) is 4.84. The van der Waals surface area contributed by atoms with Gasteiger partial charge < -0.3 is 0 Å². The van der Waals surface area contributed by atoms with Crippen molar-refractivity contribution in [1.82, 2.24) is 0 Å². The predicted octanol–water partition coefficient (Wildman–Crippen LogP) is 4.46. The highest BCUT2D eigenvalue weighted by Gasteiger charge is 2.13. The summed E-state index contributed by atoms with van der Waals surface area (Å²) in [5, 5.41) is 0.845. The number of halogens is 1. The number of benzene rings is 1.